The Bertz CT molecular complexity index is 1090. The maximum Gasteiger partial charge on any atom is 0.262 e. The molecule has 1 aliphatic heterocycles. The maximum absolute atomic E-state index is 12.4. The molecule has 31 heavy (non-hydrogen) atoms. The van der Waals surface area contributed by atoms with Crippen molar-refractivity contribution in [1.29, 1.82) is 0 Å². The van der Waals surface area contributed by atoms with Gasteiger partial charge in [0.15, 0.2) is 6.61 Å². The van der Waals surface area contributed by atoms with Crippen LogP contribution in [-0.4, -0.2) is 35.7 Å². The normalized spacial score (nSPS) is 13.5. The van der Waals surface area contributed by atoms with Gasteiger partial charge in [-0.05, 0) is 48.9 Å². The number of ether oxygens (including phenoxy) is 2. The third-order valence-electron chi connectivity index (χ3n) is 4.90. The molecular weight excluding hydrogens is 400 g/mol. The second kappa shape index (κ2) is 8.86. The molecule has 160 valence electrons. The van der Waals surface area contributed by atoms with E-state index in [9.17, 15) is 9.59 Å². The van der Waals surface area contributed by atoms with E-state index in [0.717, 1.165) is 16.9 Å². The number of methoxy groups -OCH3 is 1. The molecule has 0 radical (unpaired) electrons. The second-order valence-corrected chi connectivity index (χ2v) is 7.12. The molecular formula is C22H22N4O5. The Kier molecular flexibility index (Phi) is 5.83. The summed E-state index contributed by atoms with van der Waals surface area (Å²) in [6, 6.07) is 12.5. The predicted octanol–water partition coefficient (Wildman–Crippen LogP) is 2.89. The van der Waals surface area contributed by atoms with Gasteiger partial charge >= 0.3 is 0 Å². The van der Waals surface area contributed by atoms with Crippen LogP contribution in [0, 0.1) is 0 Å². The summed E-state index contributed by atoms with van der Waals surface area (Å²) in [5.41, 5.74) is 2.27. The van der Waals surface area contributed by atoms with Crippen LogP contribution >= 0.6 is 0 Å². The molecule has 1 atom stereocenters. The molecule has 9 nitrogen and oxygen atoms in total. The number of benzene rings is 2. The lowest BCUT2D eigenvalue weighted by Gasteiger charge is -2.21. The highest BCUT2D eigenvalue weighted by molar-refractivity contribution is 5.95. The van der Waals surface area contributed by atoms with Gasteiger partial charge in [-0.1, -0.05) is 11.2 Å². The lowest BCUT2D eigenvalue weighted by atomic mass is 10.1. The van der Waals surface area contributed by atoms with E-state index in [2.05, 4.69) is 20.8 Å². The van der Waals surface area contributed by atoms with Crippen LogP contribution in [0.25, 0.3) is 11.4 Å². The predicted molar refractivity (Wildman–Crippen MR) is 112 cm³/mol. The van der Waals surface area contributed by atoms with Crippen LogP contribution in [0.15, 0.2) is 47.0 Å². The number of carbonyl (C=O) groups excluding carboxylic acids is 2. The number of rotatable bonds is 7. The summed E-state index contributed by atoms with van der Waals surface area (Å²) in [5, 5.41) is 9.68. The molecule has 2 N–H and O–H groups in total. The van der Waals surface area contributed by atoms with Gasteiger partial charge in [0, 0.05) is 18.4 Å². The molecule has 0 saturated heterocycles. The van der Waals surface area contributed by atoms with Gasteiger partial charge in [0.05, 0.1) is 18.8 Å². The number of nitrogens with one attached hydrogen (secondary N) is 2. The van der Waals surface area contributed by atoms with Crippen LogP contribution in [0.1, 0.15) is 30.8 Å². The molecule has 2 heterocycles. The van der Waals surface area contributed by atoms with Crippen molar-refractivity contribution in [2.75, 3.05) is 19.0 Å². The quantitative estimate of drug-likeness (QED) is 0.601. The Hall–Kier alpha value is -3.88. The number of fused-ring (bicyclic) bond motifs is 1. The van der Waals surface area contributed by atoms with Crippen LogP contribution < -0.4 is 20.1 Å². The molecule has 0 spiro atoms. The van der Waals surface area contributed by atoms with E-state index in [1.807, 2.05) is 37.3 Å². The summed E-state index contributed by atoms with van der Waals surface area (Å²) in [5.74, 6) is 1.87. The largest absolute Gasteiger partial charge is 0.497 e. The van der Waals surface area contributed by atoms with Crippen molar-refractivity contribution < 1.29 is 23.6 Å². The minimum atomic E-state index is -0.242. The fourth-order valence-corrected chi connectivity index (χ4v) is 3.20. The molecule has 2 aromatic carbocycles. The first-order chi connectivity index (χ1) is 15.0. The fraction of sp³-hybridized carbons (Fsp3) is 0.273. The molecule has 4 rings (SSSR count). The van der Waals surface area contributed by atoms with Gasteiger partial charge in [-0.25, -0.2) is 0 Å². The van der Waals surface area contributed by atoms with Gasteiger partial charge in [0.1, 0.15) is 11.5 Å². The molecule has 1 aromatic heterocycles. The Morgan fingerprint density at radius 3 is 2.84 bits per heavy atom. The van der Waals surface area contributed by atoms with Crippen LogP contribution in [0.4, 0.5) is 5.69 Å². The zero-order chi connectivity index (χ0) is 21.8. The summed E-state index contributed by atoms with van der Waals surface area (Å²) < 4.78 is 15.8. The van der Waals surface area contributed by atoms with Crippen molar-refractivity contribution in [3.63, 3.8) is 0 Å². The van der Waals surface area contributed by atoms with Gasteiger partial charge in [-0.15, -0.1) is 0 Å². The smallest absolute Gasteiger partial charge is 0.262 e. The monoisotopic (exact) mass is 422 g/mol. The van der Waals surface area contributed by atoms with E-state index in [0.29, 0.717) is 29.6 Å². The summed E-state index contributed by atoms with van der Waals surface area (Å²) in [7, 11) is 1.60. The van der Waals surface area contributed by atoms with Crippen molar-refractivity contribution in [3.05, 3.63) is 53.9 Å². The number of aromatic nitrogens is 2. The summed E-state index contributed by atoms with van der Waals surface area (Å²) in [6.45, 7) is 1.88. The van der Waals surface area contributed by atoms with E-state index < -0.39 is 0 Å². The minimum absolute atomic E-state index is 0.00842. The number of hydrogen-bond acceptors (Lipinski definition) is 7. The summed E-state index contributed by atoms with van der Waals surface area (Å²) in [4.78, 5) is 28.2. The molecule has 0 fully saturated rings. The van der Waals surface area contributed by atoms with E-state index in [4.69, 9.17) is 14.0 Å². The average Bonchev–Trinajstić information content (AvgIpc) is 3.26. The molecule has 1 aliphatic rings. The lowest BCUT2D eigenvalue weighted by molar-refractivity contribution is -0.122. The SMILES string of the molecule is COc1ccc(-c2noc(CCC(=O)NC(C)c3ccc4c(c3)NC(=O)CO4)n2)cc1. The van der Waals surface area contributed by atoms with Crippen LogP contribution in [0.2, 0.25) is 0 Å². The molecule has 9 heteroatoms. The first kappa shape index (κ1) is 20.4. The first-order valence-corrected chi connectivity index (χ1v) is 9.85. The first-order valence-electron chi connectivity index (χ1n) is 9.85. The number of anilines is 1. The van der Waals surface area contributed by atoms with Gasteiger partial charge in [0.2, 0.25) is 17.6 Å². The zero-order valence-corrected chi connectivity index (χ0v) is 17.2. The van der Waals surface area contributed by atoms with Gasteiger partial charge in [0.25, 0.3) is 5.91 Å². The standard InChI is InChI=1S/C22H22N4O5/c1-13(15-5-8-18-17(11-15)24-20(28)12-30-18)23-19(27)9-10-21-25-22(26-31-21)14-3-6-16(29-2)7-4-14/h3-8,11,13H,9-10,12H2,1-2H3,(H,23,27)(H,24,28). The number of amides is 2. The van der Waals surface area contributed by atoms with Crippen LogP contribution in [-0.2, 0) is 16.0 Å². The molecule has 0 saturated carbocycles. The molecule has 0 bridgehead atoms. The van der Waals surface area contributed by atoms with E-state index in [1.54, 1.807) is 19.2 Å². The number of aryl methyl sites for hydroxylation is 1. The zero-order valence-electron chi connectivity index (χ0n) is 17.2. The third-order valence-corrected chi connectivity index (χ3v) is 4.90. The Morgan fingerprint density at radius 1 is 1.26 bits per heavy atom. The van der Waals surface area contributed by atoms with Crippen molar-refractivity contribution in [3.8, 4) is 22.9 Å². The third kappa shape index (κ3) is 4.82. The Morgan fingerprint density at radius 2 is 2.06 bits per heavy atom. The summed E-state index contributed by atoms with van der Waals surface area (Å²) >= 11 is 0. The molecule has 0 aliphatic carbocycles. The lowest BCUT2D eigenvalue weighted by Crippen LogP contribution is -2.28. The highest BCUT2D eigenvalue weighted by atomic mass is 16.5. The van der Waals surface area contributed by atoms with Crippen LogP contribution in [0.3, 0.4) is 0 Å². The van der Waals surface area contributed by atoms with Crippen molar-refractivity contribution in [2.45, 2.75) is 25.8 Å². The minimum Gasteiger partial charge on any atom is -0.497 e. The second-order valence-electron chi connectivity index (χ2n) is 7.12. The Labute approximate surface area is 178 Å². The number of carbonyl (C=O) groups is 2. The maximum atomic E-state index is 12.4. The van der Waals surface area contributed by atoms with E-state index >= 15 is 0 Å². The van der Waals surface area contributed by atoms with E-state index in [1.165, 1.54) is 0 Å². The Balaban J connectivity index is 1.31. The van der Waals surface area contributed by atoms with E-state index in [-0.39, 0.29) is 30.9 Å². The van der Waals surface area contributed by atoms with Crippen LogP contribution in [0.5, 0.6) is 11.5 Å². The highest BCUT2D eigenvalue weighted by Crippen LogP contribution is 2.30. The average molecular weight is 422 g/mol. The van der Waals surface area contributed by atoms with Gasteiger partial charge in [-0.2, -0.15) is 4.98 Å². The van der Waals surface area contributed by atoms with Crippen molar-refractivity contribution in [2.24, 2.45) is 0 Å². The molecule has 2 amide bonds. The van der Waals surface area contributed by atoms with Crippen molar-refractivity contribution in [1.82, 2.24) is 15.5 Å². The topological polar surface area (TPSA) is 116 Å². The molecule has 1 unspecified atom stereocenters. The molecule has 3 aromatic rings. The fourth-order valence-electron chi connectivity index (χ4n) is 3.20. The van der Waals surface area contributed by atoms with Gasteiger partial charge < -0.3 is 24.6 Å². The number of nitrogens with zero attached hydrogens (tertiary/aromatic N) is 2. The highest BCUT2D eigenvalue weighted by Gasteiger charge is 2.18. The summed E-state index contributed by atoms with van der Waals surface area (Å²) in [6.07, 6.45) is 0.537. The van der Waals surface area contributed by atoms with Crippen molar-refractivity contribution >= 4 is 17.5 Å². The number of hydrogen-bond donors (Lipinski definition) is 2. The van der Waals surface area contributed by atoms with Gasteiger partial charge in [-0.3, -0.25) is 9.59 Å².